The van der Waals surface area contributed by atoms with Gasteiger partial charge in [0.2, 0.25) is 11.8 Å². The van der Waals surface area contributed by atoms with Crippen LogP contribution in [0.4, 0.5) is 16.2 Å². The lowest BCUT2D eigenvalue weighted by Gasteiger charge is -2.29. The summed E-state index contributed by atoms with van der Waals surface area (Å²) in [5.41, 5.74) is 2.67. The van der Waals surface area contributed by atoms with E-state index in [1.807, 2.05) is 13.8 Å². The van der Waals surface area contributed by atoms with Crippen LogP contribution in [0.1, 0.15) is 59.7 Å². The van der Waals surface area contributed by atoms with E-state index in [9.17, 15) is 29.3 Å². The Kier molecular flexibility index (Phi) is 6.93. The van der Waals surface area contributed by atoms with Gasteiger partial charge in [-0.25, -0.2) is 4.79 Å². The summed E-state index contributed by atoms with van der Waals surface area (Å²) in [5, 5.41) is 18.8. The molecule has 1 atom stereocenters. The highest BCUT2D eigenvalue weighted by atomic mass is 35.5. The highest BCUT2D eigenvalue weighted by molar-refractivity contribution is 6.33. The molecule has 2 aliphatic heterocycles. The van der Waals surface area contributed by atoms with Gasteiger partial charge in [0.1, 0.15) is 11.1 Å². The molecule has 1 unspecified atom stereocenters. The van der Waals surface area contributed by atoms with Gasteiger partial charge in [-0.15, -0.1) is 0 Å². The summed E-state index contributed by atoms with van der Waals surface area (Å²) in [5.74, 6) is -1.19. The molecule has 2 aromatic carbocycles. The van der Waals surface area contributed by atoms with Gasteiger partial charge in [-0.1, -0.05) is 37.6 Å². The lowest BCUT2D eigenvalue weighted by molar-refractivity contribution is -0.384. The molecule has 3 N–H and O–H groups in total. The molecule has 0 saturated carbocycles. The second-order valence-corrected chi connectivity index (χ2v) is 9.41. The zero-order valence-corrected chi connectivity index (χ0v) is 20.3. The first-order chi connectivity index (χ1) is 17.0. The number of benzene rings is 2. The molecule has 5 amide bonds. The fourth-order valence-corrected chi connectivity index (χ4v) is 4.62. The average Bonchev–Trinajstić information content (AvgIpc) is 3.12. The number of anilines is 1. The Morgan fingerprint density at radius 3 is 2.67 bits per heavy atom. The topological polar surface area (TPSA) is 151 Å². The lowest BCUT2D eigenvalue weighted by Crippen LogP contribution is -2.52. The Bertz CT molecular complexity index is 1290. The van der Waals surface area contributed by atoms with E-state index in [2.05, 4.69) is 16.0 Å². The lowest BCUT2D eigenvalue weighted by atomic mass is 10.0. The third-order valence-corrected chi connectivity index (χ3v) is 6.53. The first-order valence-electron chi connectivity index (χ1n) is 11.3. The van der Waals surface area contributed by atoms with E-state index in [4.69, 9.17) is 11.6 Å². The summed E-state index contributed by atoms with van der Waals surface area (Å²) in [6, 6.07) is 6.66. The second kappa shape index (κ2) is 9.94. The zero-order chi connectivity index (χ0) is 26.1. The Hall–Kier alpha value is -3.99. The van der Waals surface area contributed by atoms with Gasteiger partial charge in [-0.2, -0.15) is 0 Å². The third-order valence-electron chi connectivity index (χ3n) is 6.23. The van der Waals surface area contributed by atoms with Crippen molar-refractivity contribution in [2.75, 3.05) is 5.32 Å². The Labute approximate surface area is 211 Å². The van der Waals surface area contributed by atoms with E-state index in [1.165, 1.54) is 17.0 Å². The fourth-order valence-electron chi connectivity index (χ4n) is 4.39. The first kappa shape index (κ1) is 25.1. The van der Waals surface area contributed by atoms with Crippen molar-refractivity contribution in [2.24, 2.45) is 0 Å². The molecule has 2 heterocycles. The monoisotopic (exact) mass is 513 g/mol. The summed E-state index contributed by atoms with van der Waals surface area (Å²) < 4.78 is 0. The van der Waals surface area contributed by atoms with Crippen molar-refractivity contribution in [3.8, 4) is 0 Å². The van der Waals surface area contributed by atoms with Crippen LogP contribution in [0.25, 0.3) is 0 Å². The largest absolute Gasteiger partial charge is 0.334 e. The quantitative estimate of drug-likeness (QED) is 0.306. The number of nitrogens with one attached hydrogen (secondary N) is 3. The maximum Gasteiger partial charge on any atom is 0.319 e. The maximum atomic E-state index is 12.8. The van der Waals surface area contributed by atoms with Gasteiger partial charge in [0, 0.05) is 36.8 Å². The molecular weight excluding hydrogens is 490 g/mol. The first-order valence-corrected chi connectivity index (χ1v) is 11.7. The number of carbonyl (C=O) groups is 4. The van der Waals surface area contributed by atoms with Crippen molar-refractivity contribution in [3.63, 3.8) is 0 Å². The molecule has 2 aliphatic rings. The molecule has 11 nitrogen and oxygen atoms in total. The predicted octanol–water partition coefficient (Wildman–Crippen LogP) is 3.45. The molecule has 1 saturated heterocycles. The number of carbonyl (C=O) groups excluding carboxylic acids is 4. The number of imide groups is 1. The number of hydrogen-bond donors (Lipinski definition) is 3. The number of halogens is 1. The highest BCUT2D eigenvalue weighted by Gasteiger charge is 2.39. The molecule has 36 heavy (non-hydrogen) atoms. The molecule has 12 heteroatoms. The third kappa shape index (κ3) is 5.01. The number of nitro benzene ring substituents is 1. The van der Waals surface area contributed by atoms with Crippen LogP contribution in [-0.2, 0) is 22.7 Å². The van der Waals surface area contributed by atoms with E-state index in [0.717, 1.165) is 11.1 Å². The highest BCUT2D eigenvalue weighted by Crippen LogP contribution is 2.35. The van der Waals surface area contributed by atoms with Crippen LogP contribution in [0.3, 0.4) is 0 Å². The van der Waals surface area contributed by atoms with Crippen molar-refractivity contribution in [1.29, 1.82) is 0 Å². The summed E-state index contributed by atoms with van der Waals surface area (Å²) >= 11 is 6.02. The number of piperidine rings is 1. The maximum absolute atomic E-state index is 12.8. The molecule has 0 aliphatic carbocycles. The Morgan fingerprint density at radius 2 is 2.00 bits per heavy atom. The van der Waals surface area contributed by atoms with Crippen molar-refractivity contribution < 1.29 is 24.1 Å². The van der Waals surface area contributed by atoms with Crippen LogP contribution in [0.15, 0.2) is 30.3 Å². The minimum Gasteiger partial charge on any atom is -0.334 e. The number of urea groups is 1. The Balaban J connectivity index is 1.42. The number of fused-ring (bicyclic) bond motifs is 1. The minimum absolute atomic E-state index is 0.0800. The molecule has 0 bridgehead atoms. The Morgan fingerprint density at radius 1 is 1.25 bits per heavy atom. The SMILES string of the molecule is CC(C)c1cc([N+](=O)[O-])c(Cl)cc1NC(=O)NCc1ccc2c(c1)CN(C1CCC(=O)NC1=O)C2=O. The van der Waals surface area contributed by atoms with E-state index in [0.29, 0.717) is 16.8 Å². The van der Waals surface area contributed by atoms with Gasteiger partial charge < -0.3 is 15.5 Å². The smallest absolute Gasteiger partial charge is 0.319 e. The van der Waals surface area contributed by atoms with E-state index >= 15 is 0 Å². The van der Waals surface area contributed by atoms with Crippen LogP contribution in [0, 0.1) is 10.1 Å². The molecular formula is C24H24ClN5O6. The van der Waals surface area contributed by atoms with Crippen LogP contribution < -0.4 is 16.0 Å². The van der Waals surface area contributed by atoms with Crippen LogP contribution in [0.5, 0.6) is 0 Å². The molecule has 188 valence electrons. The van der Waals surface area contributed by atoms with Crippen LogP contribution in [0.2, 0.25) is 5.02 Å². The number of rotatable bonds is 6. The zero-order valence-electron chi connectivity index (χ0n) is 19.6. The van der Waals surface area contributed by atoms with Crippen LogP contribution >= 0.6 is 11.6 Å². The molecule has 2 aromatic rings. The van der Waals surface area contributed by atoms with E-state index < -0.39 is 22.9 Å². The summed E-state index contributed by atoms with van der Waals surface area (Å²) in [6.07, 6.45) is 0.462. The van der Waals surface area contributed by atoms with Gasteiger partial charge in [0.15, 0.2) is 0 Å². The van der Waals surface area contributed by atoms with Gasteiger partial charge >= 0.3 is 6.03 Å². The molecule has 0 aromatic heterocycles. The van der Waals surface area contributed by atoms with Crippen molar-refractivity contribution >= 4 is 46.7 Å². The van der Waals surface area contributed by atoms with Gasteiger partial charge in [0.25, 0.3) is 11.6 Å². The fraction of sp³-hybridized carbons (Fsp3) is 0.333. The summed E-state index contributed by atoms with van der Waals surface area (Å²) in [6.45, 7) is 4.09. The number of nitro groups is 1. The van der Waals surface area contributed by atoms with Crippen molar-refractivity contribution in [2.45, 2.75) is 51.7 Å². The molecule has 0 spiro atoms. The van der Waals surface area contributed by atoms with Gasteiger partial charge in [0.05, 0.1) is 4.92 Å². The van der Waals surface area contributed by atoms with Crippen molar-refractivity contribution in [1.82, 2.24) is 15.5 Å². The molecule has 1 fully saturated rings. The summed E-state index contributed by atoms with van der Waals surface area (Å²) in [7, 11) is 0. The predicted molar refractivity (Wildman–Crippen MR) is 131 cm³/mol. The molecule has 4 rings (SSSR count). The normalized spacial score (nSPS) is 17.2. The standard InChI is InChI=1S/C24H24ClN5O6/c1-12(2)16-8-20(30(35)36)17(25)9-18(16)27-24(34)26-10-13-3-4-15-14(7-13)11-29(23(15)33)19-5-6-21(31)28-22(19)32/h3-4,7-9,12,19H,5-6,10-11H2,1-2H3,(H2,26,27,34)(H,28,31,32). The van der Waals surface area contributed by atoms with Crippen LogP contribution in [-0.4, -0.2) is 39.6 Å². The van der Waals surface area contributed by atoms with E-state index in [-0.39, 0.29) is 54.4 Å². The van der Waals surface area contributed by atoms with Crippen molar-refractivity contribution in [3.05, 3.63) is 67.7 Å². The molecule has 0 radical (unpaired) electrons. The summed E-state index contributed by atoms with van der Waals surface area (Å²) in [4.78, 5) is 61.1. The minimum atomic E-state index is -0.696. The number of nitrogens with zero attached hydrogens (tertiary/aromatic N) is 2. The number of hydrogen-bond acceptors (Lipinski definition) is 6. The second-order valence-electron chi connectivity index (χ2n) is 9.00. The average molecular weight is 514 g/mol. The van der Waals surface area contributed by atoms with E-state index in [1.54, 1.807) is 18.2 Å². The number of amides is 5. The van der Waals surface area contributed by atoms with Gasteiger partial charge in [-0.3, -0.25) is 29.8 Å². The van der Waals surface area contributed by atoms with Gasteiger partial charge in [-0.05, 0) is 41.2 Å².